The quantitative estimate of drug-likeness (QED) is 0.871. The van der Waals surface area contributed by atoms with E-state index >= 15 is 0 Å². The minimum Gasteiger partial charge on any atom is -0.378 e. The highest BCUT2D eigenvalue weighted by atomic mass is 19.4. The summed E-state index contributed by atoms with van der Waals surface area (Å²) in [7, 11) is 0. The molecule has 128 valence electrons. The van der Waals surface area contributed by atoms with Gasteiger partial charge in [0.05, 0.1) is 18.8 Å². The minimum atomic E-state index is -4.34. The van der Waals surface area contributed by atoms with Crippen LogP contribution in [0.5, 0.6) is 0 Å². The first-order valence-corrected chi connectivity index (χ1v) is 7.64. The second-order valence-electron chi connectivity index (χ2n) is 5.69. The molecule has 0 radical (unpaired) electrons. The average Bonchev–Trinajstić information content (AvgIpc) is 2.54. The van der Waals surface area contributed by atoms with Crippen molar-refractivity contribution in [1.82, 2.24) is 10.6 Å². The minimum absolute atomic E-state index is 0.0758. The molecule has 1 aromatic carbocycles. The number of ether oxygens (including phenoxy) is 1. The molecule has 1 fully saturated rings. The highest BCUT2D eigenvalue weighted by molar-refractivity contribution is 5.81. The molecule has 2 atom stereocenters. The van der Waals surface area contributed by atoms with Crippen molar-refractivity contribution in [3.8, 4) is 0 Å². The third-order valence-electron chi connectivity index (χ3n) is 3.90. The van der Waals surface area contributed by atoms with Crippen molar-refractivity contribution in [3.05, 3.63) is 35.4 Å². The van der Waals surface area contributed by atoms with Crippen LogP contribution < -0.4 is 10.6 Å². The zero-order valence-electron chi connectivity index (χ0n) is 13.0. The van der Waals surface area contributed by atoms with Crippen molar-refractivity contribution in [2.24, 2.45) is 0 Å². The molecule has 1 aliphatic rings. The highest BCUT2D eigenvalue weighted by Gasteiger charge is 2.30. The molecule has 23 heavy (non-hydrogen) atoms. The van der Waals surface area contributed by atoms with E-state index in [4.69, 9.17) is 4.74 Å². The Morgan fingerprint density at radius 1 is 1.48 bits per heavy atom. The van der Waals surface area contributed by atoms with Crippen LogP contribution in [0.15, 0.2) is 24.3 Å². The predicted octanol–water partition coefficient (Wildman–Crippen LogP) is 2.30. The summed E-state index contributed by atoms with van der Waals surface area (Å²) in [5, 5.41) is 5.84. The molecule has 1 aliphatic heterocycles. The van der Waals surface area contributed by atoms with Gasteiger partial charge in [-0.1, -0.05) is 25.1 Å². The lowest BCUT2D eigenvalue weighted by molar-refractivity contribution is -0.137. The number of morpholine rings is 1. The van der Waals surface area contributed by atoms with Crippen LogP contribution in [-0.4, -0.2) is 38.3 Å². The molecule has 0 aromatic heterocycles. The molecule has 0 bridgehead atoms. The first-order valence-electron chi connectivity index (χ1n) is 7.64. The van der Waals surface area contributed by atoms with Gasteiger partial charge in [-0.15, -0.1) is 0 Å². The number of alkyl halides is 3. The Kier molecular flexibility index (Phi) is 6.01. The highest BCUT2D eigenvalue weighted by Crippen LogP contribution is 2.31. The van der Waals surface area contributed by atoms with E-state index in [2.05, 4.69) is 10.6 Å². The Morgan fingerprint density at radius 2 is 2.26 bits per heavy atom. The first kappa shape index (κ1) is 17.7. The van der Waals surface area contributed by atoms with Crippen LogP contribution in [0.1, 0.15) is 30.4 Å². The molecule has 1 aromatic rings. The topological polar surface area (TPSA) is 50.4 Å². The van der Waals surface area contributed by atoms with E-state index < -0.39 is 11.7 Å². The smallest absolute Gasteiger partial charge is 0.378 e. The Balaban J connectivity index is 1.82. The van der Waals surface area contributed by atoms with Gasteiger partial charge in [0, 0.05) is 13.1 Å². The lowest BCUT2D eigenvalue weighted by Gasteiger charge is -2.23. The van der Waals surface area contributed by atoms with E-state index in [0.717, 1.165) is 6.07 Å². The van der Waals surface area contributed by atoms with Crippen LogP contribution in [0, 0.1) is 0 Å². The molecule has 0 spiro atoms. The van der Waals surface area contributed by atoms with Crippen molar-refractivity contribution in [3.63, 3.8) is 0 Å². The van der Waals surface area contributed by atoms with Crippen molar-refractivity contribution in [2.45, 2.75) is 31.5 Å². The largest absolute Gasteiger partial charge is 0.416 e. The summed E-state index contributed by atoms with van der Waals surface area (Å²) in [6.45, 7) is 3.84. The van der Waals surface area contributed by atoms with Gasteiger partial charge in [0.2, 0.25) is 5.91 Å². The number of carbonyl (C=O) groups excluding carboxylic acids is 1. The van der Waals surface area contributed by atoms with Crippen LogP contribution in [-0.2, 0) is 15.7 Å². The number of nitrogens with one attached hydrogen (secondary N) is 2. The van der Waals surface area contributed by atoms with E-state index in [9.17, 15) is 18.0 Å². The van der Waals surface area contributed by atoms with Crippen molar-refractivity contribution in [1.29, 1.82) is 0 Å². The summed E-state index contributed by atoms with van der Waals surface area (Å²) < 4.78 is 43.4. The molecule has 1 amide bonds. The SMILES string of the molecule is C[C@@H](CCNC(=O)[C@@H]1COCCN1)c1cccc(C(F)(F)F)c1. The number of halogens is 3. The standard InChI is InChI=1S/C16H21F3N2O2/c1-11(12-3-2-4-13(9-12)16(17,18)19)5-6-21-15(22)14-10-23-8-7-20-14/h2-4,9,11,14,20H,5-8,10H2,1H3,(H,21,22)/t11-,14-/m0/s1. The van der Waals surface area contributed by atoms with Crippen molar-refractivity contribution >= 4 is 5.91 Å². The molecule has 7 heteroatoms. The van der Waals surface area contributed by atoms with Gasteiger partial charge in [0.25, 0.3) is 0 Å². The van der Waals surface area contributed by atoms with Gasteiger partial charge in [-0.25, -0.2) is 0 Å². The Hall–Kier alpha value is -1.60. The van der Waals surface area contributed by atoms with E-state index in [-0.39, 0.29) is 17.9 Å². The third-order valence-corrected chi connectivity index (χ3v) is 3.90. The number of hydrogen-bond acceptors (Lipinski definition) is 3. The summed E-state index contributed by atoms with van der Waals surface area (Å²) >= 11 is 0. The maximum absolute atomic E-state index is 12.7. The number of carbonyl (C=O) groups is 1. The summed E-state index contributed by atoms with van der Waals surface area (Å²) in [5.74, 6) is -0.214. The third kappa shape index (κ3) is 5.21. The van der Waals surface area contributed by atoms with Gasteiger partial charge < -0.3 is 15.4 Å². The van der Waals surface area contributed by atoms with Gasteiger partial charge in [0.15, 0.2) is 0 Å². The van der Waals surface area contributed by atoms with Crippen molar-refractivity contribution in [2.75, 3.05) is 26.3 Å². The molecule has 0 unspecified atom stereocenters. The normalized spacial score (nSPS) is 20.1. The van der Waals surface area contributed by atoms with Crippen LogP contribution in [0.2, 0.25) is 0 Å². The van der Waals surface area contributed by atoms with Gasteiger partial charge in [-0.05, 0) is 24.0 Å². The second-order valence-corrected chi connectivity index (χ2v) is 5.69. The summed E-state index contributed by atoms with van der Waals surface area (Å²) in [5.41, 5.74) is -0.0253. The van der Waals surface area contributed by atoms with Crippen molar-refractivity contribution < 1.29 is 22.7 Å². The molecule has 0 aliphatic carbocycles. The maximum Gasteiger partial charge on any atom is 0.416 e. The van der Waals surface area contributed by atoms with E-state index in [0.29, 0.717) is 38.3 Å². The first-order chi connectivity index (χ1) is 10.9. The Bertz CT molecular complexity index is 528. The Morgan fingerprint density at radius 3 is 2.91 bits per heavy atom. The number of benzene rings is 1. The van der Waals surface area contributed by atoms with E-state index in [1.807, 2.05) is 6.92 Å². The molecule has 2 rings (SSSR count). The monoisotopic (exact) mass is 330 g/mol. The molecule has 0 saturated carbocycles. The second kappa shape index (κ2) is 7.79. The molecular formula is C16H21F3N2O2. The number of amides is 1. The van der Waals surface area contributed by atoms with E-state index in [1.165, 1.54) is 12.1 Å². The van der Waals surface area contributed by atoms with E-state index in [1.54, 1.807) is 6.07 Å². The Labute approximate surface area is 133 Å². The van der Waals surface area contributed by atoms with Gasteiger partial charge in [-0.3, -0.25) is 4.79 Å². The molecule has 1 saturated heterocycles. The fourth-order valence-corrected chi connectivity index (χ4v) is 2.46. The van der Waals surface area contributed by atoms with Gasteiger partial charge in [0.1, 0.15) is 6.04 Å². The molecule has 1 heterocycles. The molecule has 4 nitrogen and oxygen atoms in total. The lowest BCUT2D eigenvalue weighted by Crippen LogP contribution is -2.51. The fourth-order valence-electron chi connectivity index (χ4n) is 2.46. The lowest BCUT2D eigenvalue weighted by atomic mass is 9.96. The fraction of sp³-hybridized carbons (Fsp3) is 0.562. The summed E-state index contributed by atoms with van der Waals surface area (Å²) in [4.78, 5) is 11.9. The van der Waals surface area contributed by atoms with Gasteiger partial charge in [-0.2, -0.15) is 13.2 Å². The summed E-state index contributed by atoms with van der Waals surface area (Å²) in [6.07, 6.45) is -3.77. The van der Waals surface area contributed by atoms with Crippen LogP contribution in [0.4, 0.5) is 13.2 Å². The predicted molar refractivity (Wildman–Crippen MR) is 80.1 cm³/mol. The van der Waals surface area contributed by atoms with Crippen LogP contribution in [0.3, 0.4) is 0 Å². The van der Waals surface area contributed by atoms with Gasteiger partial charge >= 0.3 is 6.18 Å². The summed E-state index contributed by atoms with van der Waals surface area (Å²) in [6, 6.07) is 4.97. The maximum atomic E-state index is 12.7. The zero-order chi connectivity index (χ0) is 16.9. The zero-order valence-corrected chi connectivity index (χ0v) is 13.0. The molecular weight excluding hydrogens is 309 g/mol. The van der Waals surface area contributed by atoms with Crippen LogP contribution >= 0.6 is 0 Å². The van der Waals surface area contributed by atoms with Crippen LogP contribution in [0.25, 0.3) is 0 Å². The molecule has 2 N–H and O–H groups in total. The number of hydrogen-bond donors (Lipinski definition) is 2. The average molecular weight is 330 g/mol. The number of rotatable bonds is 5.